The van der Waals surface area contributed by atoms with E-state index < -0.39 is 0 Å². The molecule has 1 atom stereocenters. The van der Waals surface area contributed by atoms with Crippen LogP contribution in [0.1, 0.15) is 45.3 Å². The van der Waals surface area contributed by atoms with Crippen molar-refractivity contribution in [1.82, 2.24) is 19.8 Å². The van der Waals surface area contributed by atoms with Crippen LogP contribution in [0.3, 0.4) is 0 Å². The van der Waals surface area contributed by atoms with Gasteiger partial charge in [-0.2, -0.15) is 0 Å². The predicted molar refractivity (Wildman–Crippen MR) is 74.6 cm³/mol. The minimum atomic E-state index is 0.486. The largest absolute Gasteiger partial charge is 0.331 e. The molecule has 1 aromatic rings. The van der Waals surface area contributed by atoms with Gasteiger partial charge >= 0.3 is 0 Å². The van der Waals surface area contributed by atoms with E-state index in [2.05, 4.69) is 40.5 Å². The minimum Gasteiger partial charge on any atom is -0.331 e. The Hall–Kier alpha value is -0.870. The normalized spacial score (nSPS) is 18.7. The Labute approximate surface area is 110 Å². The van der Waals surface area contributed by atoms with Crippen LogP contribution in [-0.2, 0) is 6.54 Å². The van der Waals surface area contributed by atoms with Crippen molar-refractivity contribution in [2.75, 3.05) is 19.6 Å². The molecule has 102 valence electrons. The van der Waals surface area contributed by atoms with Crippen LogP contribution in [0.15, 0.2) is 12.5 Å². The molecule has 2 rings (SSSR count). The molecule has 1 N–H and O–H groups in total. The first-order valence-electron chi connectivity index (χ1n) is 7.14. The fraction of sp³-hybridized carbons (Fsp3) is 0.786. The lowest BCUT2D eigenvalue weighted by Gasteiger charge is -2.24. The summed E-state index contributed by atoms with van der Waals surface area (Å²) >= 11 is 0. The van der Waals surface area contributed by atoms with Gasteiger partial charge in [-0.3, -0.25) is 4.90 Å². The van der Waals surface area contributed by atoms with E-state index in [-0.39, 0.29) is 0 Å². The first-order chi connectivity index (χ1) is 8.68. The van der Waals surface area contributed by atoms with E-state index in [1.165, 1.54) is 31.6 Å². The van der Waals surface area contributed by atoms with Crippen molar-refractivity contribution >= 4 is 0 Å². The summed E-state index contributed by atoms with van der Waals surface area (Å²) in [4.78, 5) is 6.81. The third-order valence-corrected chi connectivity index (χ3v) is 3.81. The Kier molecular flexibility index (Phi) is 4.78. The molecule has 1 aliphatic heterocycles. The van der Waals surface area contributed by atoms with Crippen LogP contribution in [0, 0.1) is 0 Å². The highest BCUT2D eigenvalue weighted by atomic mass is 15.2. The average Bonchev–Trinajstić information content (AvgIpc) is 2.99. The van der Waals surface area contributed by atoms with Crippen LogP contribution in [0.5, 0.6) is 0 Å². The first kappa shape index (κ1) is 13.6. The number of aromatic nitrogens is 2. The highest BCUT2D eigenvalue weighted by Gasteiger charge is 2.17. The number of nitrogens with zero attached hydrogens (tertiary/aromatic N) is 3. The third kappa shape index (κ3) is 3.33. The molecule has 0 aromatic carbocycles. The number of imidazole rings is 1. The van der Waals surface area contributed by atoms with E-state index in [0.717, 1.165) is 13.1 Å². The molecule has 4 heteroatoms. The van der Waals surface area contributed by atoms with Crippen LogP contribution in [-0.4, -0.2) is 40.1 Å². The molecular weight excluding hydrogens is 224 g/mol. The van der Waals surface area contributed by atoms with Crippen LogP contribution in [0.2, 0.25) is 0 Å². The van der Waals surface area contributed by atoms with Crippen molar-refractivity contribution in [3.8, 4) is 0 Å². The van der Waals surface area contributed by atoms with Gasteiger partial charge in [0.1, 0.15) is 0 Å². The van der Waals surface area contributed by atoms with Crippen LogP contribution < -0.4 is 5.32 Å². The monoisotopic (exact) mass is 250 g/mol. The molecular formula is C14H26N4. The van der Waals surface area contributed by atoms with Crippen molar-refractivity contribution in [2.24, 2.45) is 0 Å². The van der Waals surface area contributed by atoms with Gasteiger partial charge in [0.15, 0.2) is 0 Å². The Morgan fingerprint density at radius 1 is 1.28 bits per heavy atom. The molecule has 0 saturated carbocycles. The highest BCUT2D eigenvalue weighted by Crippen LogP contribution is 2.11. The van der Waals surface area contributed by atoms with Crippen LogP contribution >= 0.6 is 0 Å². The molecule has 0 aliphatic carbocycles. The fourth-order valence-electron chi connectivity index (χ4n) is 2.65. The Morgan fingerprint density at radius 2 is 2.00 bits per heavy atom. The van der Waals surface area contributed by atoms with Gasteiger partial charge in [0.25, 0.3) is 0 Å². The molecule has 1 fully saturated rings. The number of likely N-dealkylation sites (tertiary alicyclic amines) is 1. The number of hydrogen-bond donors (Lipinski definition) is 1. The van der Waals surface area contributed by atoms with Gasteiger partial charge in [-0.05, 0) is 46.7 Å². The van der Waals surface area contributed by atoms with Gasteiger partial charge in [0.2, 0.25) is 0 Å². The zero-order chi connectivity index (χ0) is 13.0. The van der Waals surface area contributed by atoms with E-state index in [4.69, 9.17) is 0 Å². The van der Waals surface area contributed by atoms with E-state index in [1.807, 2.05) is 12.5 Å². The van der Waals surface area contributed by atoms with Gasteiger partial charge in [0.05, 0.1) is 12.0 Å². The second kappa shape index (κ2) is 6.34. The Balaban J connectivity index is 1.75. The van der Waals surface area contributed by atoms with Crippen LogP contribution in [0.4, 0.5) is 0 Å². The average molecular weight is 250 g/mol. The van der Waals surface area contributed by atoms with Gasteiger partial charge in [0, 0.05) is 31.4 Å². The van der Waals surface area contributed by atoms with Crippen LogP contribution in [0.25, 0.3) is 0 Å². The lowest BCUT2D eigenvalue weighted by molar-refractivity contribution is 0.251. The van der Waals surface area contributed by atoms with E-state index in [1.54, 1.807) is 0 Å². The summed E-state index contributed by atoms with van der Waals surface area (Å²) < 4.78 is 2.23. The minimum absolute atomic E-state index is 0.486. The Bertz CT molecular complexity index is 352. The molecule has 0 spiro atoms. The van der Waals surface area contributed by atoms with E-state index >= 15 is 0 Å². The smallest absolute Gasteiger partial charge is 0.0951 e. The standard InChI is InChI=1S/C14H26N4/c1-12(2)18-11-16-10-14(18)9-15-8-13(3)17-6-4-5-7-17/h10-13,15H,4-9H2,1-3H3. The van der Waals surface area contributed by atoms with Crippen molar-refractivity contribution in [1.29, 1.82) is 0 Å². The summed E-state index contributed by atoms with van der Waals surface area (Å²) in [5.74, 6) is 0. The molecule has 1 aromatic heterocycles. The molecule has 18 heavy (non-hydrogen) atoms. The molecule has 0 amide bonds. The van der Waals surface area contributed by atoms with Gasteiger partial charge in [-0.25, -0.2) is 4.98 Å². The summed E-state index contributed by atoms with van der Waals surface area (Å²) in [5, 5.41) is 3.56. The van der Waals surface area contributed by atoms with E-state index in [0.29, 0.717) is 12.1 Å². The zero-order valence-corrected chi connectivity index (χ0v) is 11.9. The van der Waals surface area contributed by atoms with Gasteiger partial charge in [-0.1, -0.05) is 0 Å². The lowest BCUT2D eigenvalue weighted by Crippen LogP contribution is -2.38. The topological polar surface area (TPSA) is 33.1 Å². The predicted octanol–water partition coefficient (Wildman–Crippen LogP) is 2.04. The second-order valence-corrected chi connectivity index (χ2v) is 5.61. The molecule has 1 unspecified atom stereocenters. The SMILES string of the molecule is CC(CNCc1cncn1C(C)C)N1CCCC1. The summed E-state index contributed by atoms with van der Waals surface area (Å²) in [6, 6.07) is 1.13. The highest BCUT2D eigenvalue weighted by molar-refractivity contribution is 4.99. The fourth-order valence-corrected chi connectivity index (χ4v) is 2.65. The quantitative estimate of drug-likeness (QED) is 0.838. The molecule has 4 nitrogen and oxygen atoms in total. The maximum absolute atomic E-state index is 4.23. The van der Waals surface area contributed by atoms with Crippen molar-refractivity contribution in [3.05, 3.63) is 18.2 Å². The van der Waals surface area contributed by atoms with Crippen molar-refractivity contribution in [3.63, 3.8) is 0 Å². The maximum atomic E-state index is 4.23. The molecule has 1 saturated heterocycles. The molecule has 0 radical (unpaired) electrons. The van der Waals surface area contributed by atoms with E-state index in [9.17, 15) is 0 Å². The van der Waals surface area contributed by atoms with Crippen molar-refractivity contribution in [2.45, 2.75) is 52.2 Å². The summed E-state index contributed by atoms with van der Waals surface area (Å²) in [6.07, 6.45) is 6.62. The summed E-state index contributed by atoms with van der Waals surface area (Å²) in [6.45, 7) is 11.2. The van der Waals surface area contributed by atoms with Gasteiger partial charge in [-0.15, -0.1) is 0 Å². The number of rotatable bonds is 6. The Morgan fingerprint density at radius 3 is 2.67 bits per heavy atom. The van der Waals surface area contributed by atoms with Gasteiger partial charge < -0.3 is 9.88 Å². The molecule has 2 heterocycles. The lowest BCUT2D eigenvalue weighted by atomic mass is 10.3. The first-order valence-corrected chi connectivity index (χ1v) is 7.14. The molecule has 1 aliphatic rings. The molecule has 0 bridgehead atoms. The third-order valence-electron chi connectivity index (χ3n) is 3.81. The maximum Gasteiger partial charge on any atom is 0.0951 e. The summed E-state index contributed by atoms with van der Waals surface area (Å²) in [5.41, 5.74) is 1.28. The second-order valence-electron chi connectivity index (χ2n) is 5.61. The van der Waals surface area contributed by atoms with Crippen molar-refractivity contribution < 1.29 is 0 Å². The summed E-state index contributed by atoms with van der Waals surface area (Å²) in [7, 11) is 0. The number of nitrogens with one attached hydrogen (secondary N) is 1. The zero-order valence-electron chi connectivity index (χ0n) is 11.9. The number of hydrogen-bond acceptors (Lipinski definition) is 3.